The second-order valence-corrected chi connectivity index (χ2v) is 5.34. The number of aromatic nitrogens is 3. The number of hydrogen-bond donors (Lipinski definition) is 1. The molecule has 1 unspecified atom stereocenters. The van der Waals surface area contributed by atoms with Gasteiger partial charge in [-0.3, -0.25) is 9.67 Å². The van der Waals surface area contributed by atoms with Crippen molar-refractivity contribution in [1.82, 2.24) is 14.8 Å². The van der Waals surface area contributed by atoms with E-state index in [9.17, 15) is 0 Å². The summed E-state index contributed by atoms with van der Waals surface area (Å²) in [4.78, 5) is 4.34. The summed E-state index contributed by atoms with van der Waals surface area (Å²) in [5, 5.41) is 4.33. The Balaban J connectivity index is 2.52. The average molecular weight is 325 g/mol. The Morgan fingerprint density at radius 3 is 2.74 bits per heavy atom. The highest BCUT2D eigenvalue weighted by Gasteiger charge is 2.24. The van der Waals surface area contributed by atoms with Crippen LogP contribution in [0.15, 0.2) is 29.0 Å². The highest BCUT2D eigenvalue weighted by Crippen LogP contribution is 2.32. The van der Waals surface area contributed by atoms with Crippen LogP contribution in [0.4, 0.5) is 0 Å². The molecule has 0 aliphatic heterocycles. The van der Waals surface area contributed by atoms with Gasteiger partial charge in [-0.2, -0.15) is 5.10 Å². The van der Waals surface area contributed by atoms with Gasteiger partial charge in [-0.1, -0.05) is 0 Å². The van der Waals surface area contributed by atoms with E-state index in [0.29, 0.717) is 5.75 Å². The first-order valence-corrected chi connectivity index (χ1v) is 6.83. The van der Waals surface area contributed by atoms with Crippen LogP contribution in [0.25, 0.3) is 0 Å². The Kier molecular flexibility index (Phi) is 4.21. The Bertz CT molecular complexity index is 568. The standard InChI is InChI=1S/C13H17BrN4O/c1-8(2)18-13(10(19-3)7-17-18)11(15)12-9(14)5-4-6-16-12/h4-8,11H,15H2,1-3H3. The summed E-state index contributed by atoms with van der Waals surface area (Å²) in [5.74, 6) is 0.679. The van der Waals surface area contributed by atoms with Crippen molar-refractivity contribution in [1.29, 1.82) is 0 Å². The van der Waals surface area contributed by atoms with E-state index >= 15 is 0 Å². The van der Waals surface area contributed by atoms with Gasteiger partial charge >= 0.3 is 0 Å². The lowest BCUT2D eigenvalue weighted by Gasteiger charge is -2.18. The summed E-state index contributed by atoms with van der Waals surface area (Å²) in [6, 6.07) is 3.59. The number of halogens is 1. The third kappa shape index (κ3) is 2.64. The monoisotopic (exact) mass is 324 g/mol. The quantitative estimate of drug-likeness (QED) is 0.938. The fourth-order valence-corrected chi connectivity index (χ4v) is 2.48. The second-order valence-electron chi connectivity index (χ2n) is 4.48. The molecule has 0 aliphatic carbocycles. The molecule has 0 bridgehead atoms. The molecular weight excluding hydrogens is 308 g/mol. The SMILES string of the molecule is COc1cnn(C(C)C)c1C(N)c1ncccc1Br. The van der Waals surface area contributed by atoms with Gasteiger partial charge in [0.05, 0.1) is 25.0 Å². The minimum Gasteiger partial charge on any atom is -0.493 e. The first kappa shape index (κ1) is 14.0. The van der Waals surface area contributed by atoms with Crippen LogP contribution in [0, 0.1) is 0 Å². The molecular formula is C13H17BrN4O. The van der Waals surface area contributed by atoms with Crippen LogP contribution >= 0.6 is 15.9 Å². The van der Waals surface area contributed by atoms with E-state index in [1.165, 1.54) is 0 Å². The number of nitrogens with two attached hydrogens (primary N) is 1. The van der Waals surface area contributed by atoms with Gasteiger partial charge in [0.15, 0.2) is 5.75 Å². The molecule has 1 atom stereocenters. The predicted molar refractivity (Wildman–Crippen MR) is 77.1 cm³/mol. The molecule has 0 spiro atoms. The lowest BCUT2D eigenvalue weighted by molar-refractivity contribution is 0.400. The number of ether oxygens (including phenoxy) is 1. The van der Waals surface area contributed by atoms with Crippen LogP contribution in [0.2, 0.25) is 0 Å². The van der Waals surface area contributed by atoms with E-state index in [0.717, 1.165) is 15.9 Å². The maximum absolute atomic E-state index is 6.34. The van der Waals surface area contributed by atoms with Crippen molar-refractivity contribution in [3.8, 4) is 5.75 Å². The molecule has 0 saturated heterocycles. The van der Waals surface area contributed by atoms with Gasteiger partial charge in [0.25, 0.3) is 0 Å². The molecule has 19 heavy (non-hydrogen) atoms. The smallest absolute Gasteiger partial charge is 0.161 e. The summed E-state index contributed by atoms with van der Waals surface area (Å²) in [6.07, 6.45) is 3.41. The molecule has 0 amide bonds. The van der Waals surface area contributed by atoms with E-state index < -0.39 is 6.04 Å². The average Bonchev–Trinajstić information content (AvgIpc) is 2.82. The zero-order valence-corrected chi connectivity index (χ0v) is 12.8. The van der Waals surface area contributed by atoms with Crippen LogP contribution in [0.3, 0.4) is 0 Å². The highest BCUT2D eigenvalue weighted by molar-refractivity contribution is 9.10. The van der Waals surface area contributed by atoms with Gasteiger partial charge in [0, 0.05) is 16.7 Å². The van der Waals surface area contributed by atoms with Gasteiger partial charge in [0.2, 0.25) is 0 Å². The van der Waals surface area contributed by atoms with Crippen LogP contribution in [0.1, 0.15) is 37.3 Å². The van der Waals surface area contributed by atoms with Crippen molar-refractivity contribution in [2.75, 3.05) is 7.11 Å². The Morgan fingerprint density at radius 2 is 2.16 bits per heavy atom. The van der Waals surface area contributed by atoms with Crippen LogP contribution < -0.4 is 10.5 Å². The Hall–Kier alpha value is -1.40. The molecule has 2 heterocycles. The van der Waals surface area contributed by atoms with Crippen molar-refractivity contribution in [3.05, 3.63) is 40.4 Å². The molecule has 0 fully saturated rings. The summed E-state index contributed by atoms with van der Waals surface area (Å²) < 4.78 is 8.09. The fourth-order valence-electron chi connectivity index (χ4n) is 1.98. The number of hydrogen-bond acceptors (Lipinski definition) is 4. The molecule has 6 heteroatoms. The largest absolute Gasteiger partial charge is 0.493 e. The van der Waals surface area contributed by atoms with Gasteiger partial charge in [0.1, 0.15) is 5.69 Å². The van der Waals surface area contributed by atoms with Crippen molar-refractivity contribution >= 4 is 15.9 Å². The van der Waals surface area contributed by atoms with Gasteiger partial charge < -0.3 is 10.5 Å². The topological polar surface area (TPSA) is 66.0 Å². The Labute approximate surface area is 120 Å². The van der Waals surface area contributed by atoms with E-state index in [-0.39, 0.29) is 6.04 Å². The minimum absolute atomic E-state index is 0.201. The molecule has 102 valence electrons. The van der Waals surface area contributed by atoms with Crippen molar-refractivity contribution < 1.29 is 4.74 Å². The fraction of sp³-hybridized carbons (Fsp3) is 0.385. The molecule has 2 aromatic heterocycles. The van der Waals surface area contributed by atoms with E-state index in [1.807, 2.05) is 16.8 Å². The van der Waals surface area contributed by atoms with Crippen molar-refractivity contribution in [3.63, 3.8) is 0 Å². The van der Waals surface area contributed by atoms with E-state index in [1.54, 1.807) is 19.5 Å². The first-order chi connectivity index (χ1) is 9.06. The molecule has 2 aromatic rings. The lowest BCUT2D eigenvalue weighted by Crippen LogP contribution is -2.20. The highest BCUT2D eigenvalue weighted by atomic mass is 79.9. The second kappa shape index (κ2) is 5.71. The molecule has 0 saturated carbocycles. The zero-order valence-electron chi connectivity index (χ0n) is 11.2. The van der Waals surface area contributed by atoms with Gasteiger partial charge in [-0.15, -0.1) is 0 Å². The number of pyridine rings is 1. The maximum atomic E-state index is 6.34. The number of nitrogens with zero attached hydrogens (tertiary/aromatic N) is 3. The number of methoxy groups -OCH3 is 1. The minimum atomic E-state index is -0.393. The van der Waals surface area contributed by atoms with Crippen LogP contribution in [-0.4, -0.2) is 21.9 Å². The zero-order chi connectivity index (χ0) is 14.0. The first-order valence-electron chi connectivity index (χ1n) is 6.03. The molecule has 5 nitrogen and oxygen atoms in total. The third-order valence-corrected chi connectivity index (χ3v) is 3.55. The molecule has 0 aromatic carbocycles. The Morgan fingerprint density at radius 1 is 1.42 bits per heavy atom. The van der Waals surface area contributed by atoms with Crippen LogP contribution in [-0.2, 0) is 0 Å². The maximum Gasteiger partial charge on any atom is 0.161 e. The van der Waals surface area contributed by atoms with Gasteiger partial charge in [-0.05, 0) is 41.9 Å². The lowest BCUT2D eigenvalue weighted by atomic mass is 10.1. The summed E-state index contributed by atoms with van der Waals surface area (Å²) >= 11 is 3.48. The van der Waals surface area contributed by atoms with Crippen LogP contribution in [0.5, 0.6) is 5.75 Å². The third-order valence-electron chi connectivity index (χ3n) is 2.88. The molecule has 2 rings (SSSR count). The van der Waals surface area contributed by atoms with E-state index in [2.05, 4.69) is 39.9 Å². The molecule has 2 N–H and O–H groups in total. The van der Waals surface area contributed by atoms with Gasteiger partial charge in [-0.25, -0.2) is 0 Å². The summed E-state index contributed by atoms with van der Waals surface area (Å²) in [7, 11) is 1.62. The van der Waals surface area contributed by atoms with Crippen molar-refractivity contribution in [2.24, 2.45) is 5.73 Å². The predicted octanol–water partition coefficient (Wildman–Crippen LogP) is 2.68. The summed E-state index contributed by atoms with van der Waals surface area (Å²) in [6.45, 7) is 4.10. The number of rotatable bonds is 4. The van der Waals surface area contributed by atoms with Crippen molar-refractivity contribution in [2.45, 2.75) is 25.9 Å². The van der Waals surface area contributed by atoms with E-state index in [4.69, 9.17) is 10.5 Å². The molecule has 0 aliphatic rings. The molecule has 0 radical (unpaired) electrons. The summed E-state index contributed by atoms with van der Waals surface area (Å²) in [5.41, 5.74) is 7.94. The normalized spacial score (nSPS) is 12.7.